The van der Waals surface area contributed by atoms with Gasteiger partial charge in [-0.3, -0.25) is 5.10 Å². The Kier molecular flexibility index (Phi) is 3.50. The number of aromatic nitrogens is 4. The van der Waals surface area contributed by atoms with E-state index in [0.29, 0.717) is 10.9 Å². The molecule has 0 aliphatic heterocycles. The summed E-state index contributed by atoms with van der Waals surface area (Å²) < 4.78 is 0. The predicted octanol–water partition coefficient (Wildman–Crippen LogP) is 5.26. The van der Waals surface area contributed by atoms with E-state index in [4.69, 9.17) is 11.6 Å². The van der Waals surface area contributed by atoms with Crippen LogP contribution in [0.15, 0.2) is 36.8 Å². The summed E-state index contributed by atoms with van der Waals surface area (Å²) in [6.07, 6.45) is 3.47. The van der Waals surface area contributed by atoms with Gasteiger partial charge >= 0.3 is 0 Å². The van der Waals surface area contributed by atoms with E-state index in [1.807, 2.05) is 18.3 Å². The van der Waals surface area contributed by atoms with Crippen LogP contribution in [0, 0.1) is 6.92 Å². The van der Waals surface area contributed by atoms with Crippen molar-refractivity contribution in [2.75, 3.05) is 0 Å². The molecule has 4 rings (SSSR count). The first-order valence-corrected chi connectivity index (χ1v) is 8.31. The first-order chi connectivity index (χ1) is 11.6. The minimum atomic E-state index is 0.316. The molecule has 0 amide bonds. The zero-order chi connectivity index (χ0) is 16.8. The molecule has 0 radical (unpaired) electrons. The Hall–Kier alpha value is -2.46. The van der Waals surface area contributed by atoms with Gasteiger partial charge in [-0.05, 0) is 42.2 Å². The van der Waals surface area contributed by atoms with Crippen LogP contribution in [0.5, 0.6) is 0 Å². The molecule has 120 valence electrons. The number of fused-ring (bicyclic) bond motifs is 2. The lowest BCUT2D eigenvalue weighted by Gasteiger charge is -2.13. The molecule has 0 aliphatic carbocycles. The summed E-state index contributed by atoms with van der Waals surface area (Å²) in [6, 6.07) is 8.16. The van der Waals surface area contributed by atoms with Crippen LogP contribution in [0.4, 0.5) is 0 Å². The fraction of sp³-hybridized carbons (Fsp3) is 0.211. The summed E-state index contributed by atoms with van der Waals surface area (Å²) >= 11 is 6.67. The number of H-pyrrole nitrogens is 1. The molecule has 2 aromatic heterocycles. The maximum absolute atomic E-state index is 6.67. The monoisotopic (exact) mass is 336 g/mol. The third kappa shape index (κ3) is 2.26. The van der Waals surface area contributed by atoms with E-state index < -0.39 is 0 Å². The quantitative estimate of drug-likeness (QED) is 0.543. The van der Waals surface area contributed by atoms with Crippen LogP contribution in [0.3, 0.4) is 0 Å². The molecule has 1 N–H and O–H groups in total. The zero-order valence-corrected chi connectivity index (χ0v) is 14.5. The highest BCUT2D eigenvalue weighted by Gasteiger charge is 2.16. The number of benzene rings is 2. The van der Waals surface area contributed by atoms with E-state index in [2.05, 4.69) is 53.1 Å². The second kappa shape index (κ2) is 5.56. The van der Waals surface area contributed by atoms with Crippen molar-refractivity contribution in [1.29, 1.82) is 0 Å². The van der Waals surface area contributed by atoms with Crippen molar-refractivity contribution in [2.24, 2.45) is 0 Å². The SMILES string of the molecule is Cc1ccc2[nH]ncc2c1-c1cc2ncnc(C(C)C)c2cc1Cl. The van der Waals surface area contributed by atoms with E-state index in [1.165, 1.54) is 0 Å². The van der Waals surface area contributed by atoms with Crippen LogP contribution in [0.2, 0.25) is 5.02 Å². The molecule has 2 heterocycles. The zero-order valence-electron chi connectivity index (χ0n) is 13.8. The second-order valence-corrected chi connectivity index (χ2v) is 6.76. The highest BCUT2D eigenvalue weighted by atomic mass is 35.5. The van der Waals surface area contributed by atoms with Crippen molar-refractivity contribution in [3.05, 3.63) is 53.1 Å². The summed E-state index contributed by atoms with van der Waals surface area (Å²) in [4.78, 5) is 8.88. The molecule has 0 unspecified atom stereocenters. The van der Waals surface area contributed by atoms with Crippen molar-refractivity contribution in [2.45, 2.75) is 26.7 Å². The summed E-state index contributed by atoms with van der Waals surface area (Å²) in [5, 5.41) is 9.96. The highest BCUT2D eigenvalue weighted by molar-refractivity contribution is 6.34. The Morgan fingerprint density at radius 1 is 1.08 bits per heavy atom. The third-order valence-corrected chi connectivity index (χ3v) is 4.72. The van der Waals surface area contributed by atoms with E-state index in [-0.39, 0.29) is 0 Å². The summed E-state index contributed by atoms with van der Waals surface area (Å²) in [6.45, 7) is 6.34. The standard InChI is InChI=1S/C19H17ClN4/c1-10(2)19-13-6-15(20)12(7-17(13)21-9-22-19)18-11(3)4-5-16-14(18)8-23-24-16/h4-10H,1-3H3,(H,23,24). The smallest absolute Gasteiger partial charge is 0.116 e. The maximum atomic E-state index is 6.67. The topological polar surface area (TPSA) is 54.5 Å². The first kappa shape index (κ1) is 15.1. The number of aromatic amines is 1. The minimum Gasteiger partial charge on any atom is -0.278 e. The first-order valence-electron chi connectivity index (χ1n) is 7.93. The lowest BCUT2D eigenvalue weighted by atomic mass is 9.95. The van der Waals surface area contributed by atoms with Gasteiger partial charge in [-0.25, -0.2) is 9.97 Å². The summed E-state index contributed by atoms with van der Waals surface area (Å²) in [7, 11) is 0. The van der Waals surface area contributed by atoms with Gasteiger partial charge < -0.3 is 0 Å². The molecule has 0 aliphatic rings. The molecule has 0 saturated carbocycles. The van der Waals surface area contributed by atoms with Crippen molar-refractivity contribution in [3.63, 3.8) is 0 Å². The molecular formula is C19H17ClN4. The summed E-state index contributed by atoms with van der Waals surface area (Å²) in [5.74, 6) is 0.316. The average molecular weight is 337 g/mol. The number of nitrogens with zero attached hydrogens (tertiary/aromatic N) is 3. The number of aryl methyl sites for hydroxylation is 1. The van der Waals surface area contributed by atoms with Crippen LogP contribution < -0.4 is 0 Å². The number of rotatable bonds is 2. The Labute approximate surface area is 144 Å². The Morgan fingerprint density at radius 3 is 2.71 bits per heavy atom. The molecule has 5 heteroatoms. The van der Waals surface area contributed by atoms with Gasteiger partial charge in [0, 0.05) is 21.4 Å². The minimum absolute atomic E-state index is 0.316. The molecule has 24 heavy (non-hydrogen) atoms. The maximum Gasteiger partial charge on any atom is 0.116 e. The van der Waals surface area contributed by atoms with Gasteiger partial charge in [0.2, 0.25) is 0 Å². The number of hydrogen-bond acceptors (Lipinski definition) is 3. The van der Waals surface area contributed by atoms with Gasteiger partial charge in [-0.1, -0.05) is 31.5 Å². The lowest BCUT2D eigenvalue weighted by molar-refractivity contribution is 0.828. The molecule has 0 spiro atoms. The fourth-order valence-electron chi connectivity index (χ4n) is 3.23. The lowest BCUT2D eigenvalue weighted by Crippen LogP contribution is -1.97. The average Bonchev–Trinajstić information content (AvgIpc) is 3.02. The Balaban J connectivity index is 2.06. The van der Waals surface area contributed by atoms with Crippen molar-refractivity contribution < 1.29 is 0 Å². The van der Waals surface area contributed by atoms with Gasteiger partial charge in [-0.2, -0.15) is 5.10 Å². The van der Waals surface area contributed by atoms with E-state index in [0.717, 1.165) is 44.2 Å². The van der Waals surface area contributed by atoms with Crippen LogP contribution >= 0.6 is 11.6 Å². The van der Waals surface area contributed by atoms with Crippen LogP contribution in [0.25, 0.3) is 32.9 Å². The van der Waals surface area contributed by atoms with Gasteiger partial charge in [0.1, 0.15) is 6.33 Å². The molecule has 0 atom stereocenters. The van der Waals surface area contributed by atoms with Crippen molar-refractivity contribution in [3.8, 4) is 11.1 Å². The molecule has 4 nitrogen and oxygen atoms in total. The normalized spacial score (nSPS) is 11.7. The van der Waals surface area contributed by atoms with E-state index in [1.54, 1.807) is 6.33 Å². The Bertz CT molecular complexity index is 1070. The molecule has 4 aromatic rings. The summed E-state index contributed by atoms with van der Waals surface area (Å²) in [5.41, 5.74) is 6.15. The second-order valence-electron chi connectivity index (χ2n) is 6.35. The number of hydrogen-bond donors (Lipinski definition) is 1. The van der Waals surface area contributed by atoms with Crippen LogP contribution in [0.1, 0.15) is 31.0 Å². The van der Waals surface area contributed by atoms with Gasteiger partial charge in [0.15, 0.2) is 0 Å². The van der Waals surface area contributed by atoms with Crippen LogP contribution in [-0.2, 0) is 0 Å². The molecule has 2 aromatic carbocycles. The molecule has 0 saturated heterocycles. The largest absolute Gasteiger partial charge is 0.278 e. The van der Waals surface area contributed by atoms with Gasteiger partial charge in [0.25, 0.3) is 0 Å². The van der Waals surface area contributed by atoms with Crippen molar-refractivity contribution in [1.82, 2.24) is 20.2 Å². The molecule has 0 fully saturated rings. The van der Waals surface area contributed by atoms with E-state index in [9.17, 15) is 0 Å². The Morgan fingerprint density at radius 2 is 1.92 bits per heavy atom. The molecular weight excluding hydrogens is 320 g/mol. The van der Waals surface area contributed by atoms with E-state index >= 15 is 0 Å². The van der Waals surface area contributed by atoms with Gasteiger partial charge in [-0.15, -0.1) is 0 Å². The third-order valence-electron chi connectivity index (χ3n) is 4.40. The molecule has 0 bridgehead atoms. The van der Waals surface area contributed by atoms with Crippen LogP contribution in [-0.4, -0.2) is 20.2 Å². The predicted molar refractivity (Wildman–Crippen MR) is 98.5 cm³/mol. The fourth-order valence-corrected chi connectivity index (χ4v) is 3.49. The van der Waals surface area contributed by atoms with Gasteiger partial charge in [0.05, 0.1) is 22.9 Å². The highest BCUT2D eigenvalue weighted by Crippen LogP contribution is 2.38. The number of halogens is 1. The van der Waals surface area contributed by atoms with Crippen molar-refractivity contribution >= 4 is 33.4 Å². The number of nitrogens with one attached hydrogen (secondary N) is 1.